The van der Waals surface area contributed by atoms with E-state index in [2.05, 4.69) is 32.3 Å². The van der Waals surface area contributed by atoms with Crippen LogP contribution in [0.4, 0.5) is 16.3 Å². The average molecular weight is 392 g/mol. The van der Waals surface area contributed by atoms with Crippen molar-refractivity contribution in [3.8, 4) is 6.07 Å². The summed E-state index contributed by atoms with van der Waals surface area (Å²) in [6.45, 7) is 1.18. The molecule has 1 fully saturated rings. The number of urea groups is 1. The summed E-state index contributed by atoms with van der Waals surface area (Å²) in [5, 5.41) is 20.5. The molecule has 150 valence electrons. The first-order chi connectivity index (χ1) is 14.2. The number of hydrogen-bond donors (Lipinski definition) is 4. The zero-order valence-corrected chi connectivity index (χ0v) is 16.1. The summed E-state index contributed by atoms with van der Waals surface area (Å²) < 4.78 is 0. The Hall–Kier alpha value is -3.60. The van der Waals surface area contributed by atoms with Gasteiger partial charge in [-0.2, -0.15) is 5.26 Å². The van der Waals surface area contributed by atoms with E-state index >= 15 is 0 Å². The highest BCUT2D eigenvalue weighted by atomic mass is 16.2. The Morgan fingerprint density at radius 2 is 2.00 bits per heavy atom. The number of hydrogen-bond acceptors (Lipinski definition) is 5. The number of nitriles is 1. The number of carbonyl (C=O) groups is 2. The summed E-state index contributed by atoms with van der Waals surface area (Å²) in [4.78, 5) is 28.1. The van der Waals surface area contributed by atoms with Gasteiger partial charge in [0.05, 0.1) is 5.56 Å². The Balaban J connectivity index is 1.37. The van der Waals surface area contributed by atoms with Crippen LogP contribution in [-0.2, 0) is 11.3 Å². The number of amides is 3. The number of aromatic nitrogens is 1. The van der Waals surface area contributed by atoms with Gasteiger partial charge in [0.2, 0.25) is 5.91 Å². The Morgan fingerprint density at radius 1 is 1.14 bits per heavy atom. The molecule has 3 amide bonds. The lowest BCUT2D eigenvalue weighted by atomic mass is 9.85. The van der Waals surface area contributed by atoms with Crippen molar-refractivity contribution >= 4 is 23.4 Å². The van der Waals surface area contributed by atoms with E-state index in [-0.39, 0.29) is 17.9 Å². The molecular formula is C21H24N6O2. The maximum Gasteiger partial charge on any atom is 0.315 e. The van der Waals surface area contributed by atoms with E-state index < -0.39 is 0 Å². The molecule has 0 spiro atoms. The van der Waals surface area contributed by atoms with Crippen LogP contribution in [-0.4, -0.2) is 30.0 Å². The van der Waals surface area contributed by atoms with Gasteiger partial charge in [-0.05, 0) is 42.7 Å². The average Bonchev–Trinajstić information content (AvgIpc) is 2.69. The summed E-state index contributed by atoms with van der Waals surface area (Å²) in [6, 6.07) is 12.6. The SMILES string of the molecule is N#Cc1cccnc1NCCNC(=O)NCc1cccc(NC(=O)C2CCC2)c1. The smallest absolute Gasteiger partial charge is 0.315 e. The van der Waals surface area contributed by atoms with E-state index in [1.54, 1.807) is 18.3 Å². The van der Waals surface area contributed by atoms with Crippen LogP contribution in [0.5, 0.6) is 0 Å². The van der Waals surface area contributed by atoms with Crippen molar-refractivity contribution in [1.82, 2.24) is 15.6 Å². The van der Waals surface area contributed by atoms with E-state index in [9.17, 15) is 9.59 Å². The van der Waals surface area contributed by atoms with Gasteiger partial charge < -0.3 is 21.3 Å². The Bertz CT molecular complexity index is 904. The molecule has 1 aromatic carbocycles. The highest BCUT2D eigenvalue weighted by molar-refractivity contribution is 5.93. The monoisotopic (exact) mass is 392 g/mol. The zero-order valence-electron chi connectivity index (χ0n) is 16.1. The van der Waals surface area contributed by atoms with Gasteiger partial charge >= 0.3 is 6.03 Å². The molecule has 3 rings (SSSR count). The largest absolute Gasteiger partial charge is 0.367 e. The summed E-state index contributed by atoms with van der Waals surface area (Å²) in [5.41, 5.74) is 2.10. The molecule has 8 heteroatoms. The highest BCUT2D eigenvalue weighted by Gasteiger charge is 2.25. The number of nitrogens with zero attached hydrogens (tertiary/aromatic N) is 2. The van der Waals surface area contributed by atoms with E-state index in [0.717, 1.165) is 30.5 Å². The second kappa shape index (κ2) is 10.1. The van der Waals surface area contributed by atoms with Crippen molar-refractivity contribution in [2.45, 2.75) is 25.8 Å². The van der Waals surface area contributed by atoms with Gasteiger partial charge in [0.15, 0.2) is 0 Å². The van der Waals surface area contributed by atoms with Crippen LogP contribution in [0.1, 0.15) is 30.4 Å². The molecule has 1 aromatic heterocycles. The lowest BCUT2D eigenvalue weighted by Gasteiger charge is -2.24. The molecule has 0 radical (unpaired) electrons. The number of carbonyl (C=O) groups excluding carboxylic acids is 2. The van der Waals surface area contributed by atoms with Crippen LogP contribution in [0.15, 0.2) is 42.6 Å². The molecule has 1 aliphatic carbocycles. The Labute approximate surface area is 169 Å². The molecule has 0 saturated heterocycles. The van der Waals surface area contributed by atoms with Crippen LogP contribution in [0.2, 0.25) is 0 Å². The van der Waals surface area contributed by atoms with Crippen LogP contribution in [0.3, 0.4) is 0 Å². The predicted octanol–water partition coefficient (Wildman–Crippen LogP) is 2.60. The van der Waals surface area contributed by atoms with Crippen molar-refractivity contribution in [3.05, 3.63) is 53.7 Å². The minimum atomic E-state index is -0.294. The molecule has 4 N–H and O–H groups in total. The van der Waals surface area contributed by atoms with Crippen molar-refractivity contribution in [1.29, 1.82) is 5.26 Å². The minimum absolute atomic E-state index is 0.0686. The van der Waals surface area contributed by atoms with E-state index in [1.807, 2.05) is 24.3 Å². The fraction of sp³-hybridized carbons (Fsp3) is 0.333. The number of nitrogens with one attached hydrogen (secondary N) is 4. The molecule has 1 saturated carbocycles. The molecule has 8 nitrogen and oxygen atoms in total. The van der Waals surface area contributed by atoms with Gasteiger partial charge in [0.25, 0.3) is 0 Å². The molecule has 1 aliphatic rings. The molecule has 0 bridgehead atoms. The maximum absolute atomic E-state index is 12.0. The maximum atomic E-state index is 12.0. The summed E-state index contributed by atoms with van der Waals surface area (Å²) in [5.74, 6) is 0.698. The van der Waals surface area contributed by atoms with Crippen molar-refractivity contribution in [3.63, 3.8) is 0 Å². The first-order valence-corrected chi connectivity index (χ1v) is 9.66. The highest BCUT2D eigenvalue weighted by Crippen LogP contribution is 2.27. The standard InChI is InChI=1S/C21H24N6O2/c22-13-17-7-3-9-23-19(17)24-10-11-25-21(29)26-14-15-4-1-8-18(12-15)27-20(28)16-5-2-6-16/h1,3-4,7-9,12,16H,2,5-6,10-11,14H2,(H,23,24)(H,27,28)(H2,25,26,29). The third kappa shape index (κ3) is 5.94. The van der Waals surface area contributed by atoms with Crippen molar-refractivity contribution < 1.29 is 9.59 Å². The van der Waals surface area contributed by atoms with Crippen LogP contribution >= 0.6 is 0 Å². The summed E-state index contributed by atoms with van der Waals surface area (Å²) in [7, 11) is 0. The van der Waals surface area contributed by atoms with E-state index in [1.165, 1.54) is 0 Å². The van der Waals surface area contributed by atoms with E-state index in [0.29, 0.717) is 31.0 Å². The zero-order chi connectivity index (χ0) is 20.5. The Kier molecular flexibility index (Phi) is 7.00. The van der Waals surface area contributed by atoms with Gasteiger partial charge in [0, 0.05) is 37.4 Å². The molecule has 1 heterocycles. The van der Waals surface area contributed by atoms with E-state index in [4.69, 9.17) is 5.26 Å². The number of pyridine rings is 1. The molecule has 0 unspecified atom stereocenters. The number of anilines is 2. The fourth-order valence-corrected chi connectivity index (χ4v) is 2.91. The third-order valence-corrected chi connectivity index (χ3v) is 4.75. The van der Waals surface area contributed by atoms with Crippen LogP contribution in [0.25, 0.3) is 0 Å². The number of rotatable bonds is 8. The molecular weight excluding hydrogens is 368 g/mol. The van der Waals surface area contributed by atoms with Gasteiger partial charge in [-0.15, -0.1) is 0 Å². The first kappa shape index (κ1) is 20.1. The summed E-state index contributed by atoms with van der Waals surface area (Å²) in [6.07, 6.45) is 4.64. The molecule has 29 heavy (non-hydrogen) atoms. The van der Waals surface area contributed by atoms with Crippen molar-refractivity contribution in [2.24, 2.45) is 5.92 Å². The molecule has 2 aromatic rings. The lowest BCUT2D eigenvalue weighted by molar-refractivity contribution is -0.122. The first-order valence-electron chi connectivity index (χ1n) is 9.66. The second-order valence-corrected chi connectivity index (χ2v) is 6.87. The minimum Gasteiger partial charge on any atom is -0.367 e. The topological polar surface area (TPSA) is 119 Å². The van der Waals surface area contributed by atoms with Crippen molar-refractivity contribution in [2.75, 3.05) is 23.7 Å². The molecule has 0 aliphatic heterocycles. The third-order valence-electron chi connectivity index (χ3n) is 4.75. The van der Waals surface area contributed by atoms with Crippen LogP contribution < -0.4 is 21.3 Å². The van der Waals surface area contributed by atoms with Gasteiger partial charge in [-0.1, -0.05) is 18.6 Å². The fourth-order valence-electron chi connectivity index (χ4n) is 2.91. The normalized spacial score (nSPS) is 12.9. The second-order valence-electron chi connectivity index (χ2n) is 6.87. The summed E-state index contributed by atoms with van der Waals surface area (Å²) >= 11 is 0. The van der Waals surface area contributed by atoms with Gasteiger partial charge in [0.1, 0.15) is 11.9 Å². The van der Waals surface area contributed by atoms with Gasteiger partial charge in [-0.25, -0.2) is 9.78 Å². The Morgan fingerprint density at radius 3 is 2.76 bits per heavy atom. The number of benzene rings is 1. The van der Waals surface area contributed by atoms with Crippen LogP contribution in [0, 0.1) is 17.2 Å². The quantitative estimate of drug-likeness (QED) is 0.515. The molecule has 0 atom stereocenters. The predicted molar refractivity (Wildman–Crippen MR) is 110 cm³/mol. The van der Waals surface area contributed by atoms with Gasteiger partial charge in [-0.3, -0.25) is 4.79 Å². The lowest BCUT2D eigenvalue weighted by Crippen LogP contribution is -2.37.